The fraction of sp³-hybridized carbons (Fsp3) is 0.273. The lowest BCUT2D eigenvalue weighted by Gasteiger charge is -2.06. The SMILES string of the molecule is CCOC(=O)C=Cc1cnc(N)c(N)c1C. The first-order valence-electron chi connectivity index (χ1n) is 4.91. The molecule has 0 saturated carbocycles. The van der Waals surface area contributed by atoms with E-state index in [2.05, 4.69) is 4.98 Å². The Morgan fingerprint density at radius 2 is 2.25 bits per heavy atom. The molecule has 0 aromatic carbocycles. The second-order valence-corrected chi connectivity index (χ2v) is 3.22. The molecule has 0 aliphatic heterocycles. The van der Waals surface area contributed by atoms with Gasteiger partial charge in [0.15, 0.2) is 0 Å². The summed E-state index contributed by atoms with van der Waals surface area (Å²) in [7, 11) is 0. The van der Waals surface area contributed by atoms with Crippen LogP contribution in [0.1, 0.15) is 18.1 Å². The van der Waals surface area contributed by atoms with Crippen molar-refractivity contribution < 1.29 is 9.53 Å². The number of hydrogen-bond donors (Lipinski definition) is 2. The third-order valence-corrected chi connectivity index (χ3v) is 2.14. The Hall–Kier alpha value is -2.04. The predicted molar refractivity (Wildman–Crippen MR) is 63.5 cm³/mol. The van der Waals surface area contributed by atoms with E-state index in [4.69, 9.17) is 16.2 Å². The molecule has 0 unspecified atom stereocenters. The third-order valence-electron chi connectivity index (χ3n) is 2.14. The second kappa shape index (κ2) is 5.16. The van der Waals surface area contributed by atoms with E-state index in [1.165, 1.54) is 6.08 Å². The molecular formula is C11H15N3O2. The fourth-order valence-electron chi connectivity index (χ4n) is 1.17. The van der Waals surface area contributed by atoms with Crippen molar-refractivity contribution in [1.29, 1.82) is 0 Å². The molecule has 5 heteroatoms. The highest BCUT2D eigenvalue weighted by Crippen LogP contribution is 2.20. The van der Waals surface area contributed by atoms with Crippen LogP contribution in [0.5, 0.6) is 0 Å². The normalized spacial score (nSPS) is 10.6. The van der Waals surface area contributed by atoms with Crippen LogP contribution in [0.15, 0.2) is 12.3 Å². The number of rotatable bonds is 3. The summed E-state index contributed by atoms with van der Waals surface area (Å²) in [6.07, 6.45) is 4.51. The summed E-state index contributed by atoms with van der Waals surface area (Å²) in [6, 6.07) is 0. The summed E-state index contributed by atoms with van der Waals surface area (Å²) in [5, 5.41) is 0. The van der Waals surface area contributed by atoms with Gasteiger partial charge in [-0.15, -0.1) is 0 Å². The van der Waals surface area contributed by atoms with Crippen molar-refractivity contribution >= 4 is 23.6 Å². The minimum absolute atomic E-state index is 0.297. The predicted octanol–water partition coefficient (Wildman–Crippen LogP) is 1.13. The summed E-state index contributed by atoms with van der Waals surface area (Å²) < 4.78 is 4.76. The van der Waals surface area contributed by atoms with E-state index < -0.39 is 5.97 Å². The van der Waals surface area contributed by atoms with Crippen LogP contribution < -0.4 is 11.5 Å². The molecule has 4 N–H and O–H groups in total. The first-order valence-corrected chi connectivity index (χ1v) is 4.91. The summed E-state index contributed by atoms with van der Waals surface area (Å²) in [4.78, 5) is 15.0. The summed E-state index contributed by atoms with van der Waals surface area (Å²) in [5.74, 6) is -0.0944. The van der Waals surface area contributed by atoms with Gasteiger partial charge in [0.1, 0.15) is 5.82 Å². The molecule has 86 valence electrons. The molecule has 1 aromatic rings. The average Bonchev–Trinajstić information content (AvgIpc) is 2.25. The number of carbonyl (C=O) groups is 1. The lowest BCUT2D eigenvalue weighted by Crippen LogP contribution is -2.02. The summed E-state index contributed by atoms with van der Waals surface area (Å²) in [5.41, 5.74) is 13.2. The van der Waals surface area contributed by atoms with Crippen LogP contribution >= 0.6 is 0 Å². The molecule has 0 saturated heterocycles. The van der Waals surface area contributed by atoms with Gasteiger partial charge in [-0.05, 0) is 31.1 Å². The van der Waals surface area contributed by atoms with Gasteiger partial charge in [-0.2, -0.15) is 0 Å². The van der Waals surface area contributed by atoms with E-state index in [0.29, 0.717) is 18.1 Å². The minimum atomic E-state index is -0.391. The van der Waals surface area contributed by atoms with Crippen molar-refractivity contribution in [2.45, 2.75) is 13.8 Å². The van der Waals surface area contributed by atoms with Crippen molar-refractivity contribution in [2.24, 2.45) is 0 Å². The molecule has 1 rings (SSSR count). The van der Waals surface area contributed by atoms with Gasteiger partial charge < -0.3 is 16.2 Å². The molecule has 1 heterocycles. The van der Waals surface area contributed by atoms with Gasteiger partial charge in [-0.3, -0.25) is 0 Å². The maximum atomic E-state index is 11.1. The first-order chi connectivity index (χ1) is 7.56. The van der Waals surface area contributed by atoms with Gasteiger partial charge in [0.2, 0.25) is 0 Å². The summed E-state index contributed by atoms with van der Waals surface area (Å²) in [6.45, 7) is 3.92. The molecule has 0 amide bonds. The minimum Gasteiger partial charge on any atom is -0.463 e. The molecule has 0 spiro atoms. The number of nitrogen functional groups attached to an aromatic ring is 2. The molecule has 0 radical (unpaired) electrons. The number of nitrogens with two attached hydrogens (primary N) is 2. The Bertz CT molecular complexity index is 427. The number of ether oxygens (including phenoxy) is 1. The Morgan fingerprint density at radius 1 is 1.56 bits per heavy atom. The largest absolute Gasteiger partial charge is 0.463 e. The molecule has 1 aromatic heterocycles. The Labute approximate surface area is 94.1 Å². The van der Waals surface area contributed by atoms with Crippen LogP contribution in [-0.2, 0) is 9.53 Å². The van der Waals surface area contributed by atoms with Crippen molar-refractivity contribution in [3.63, 3.8) is 0 Å². The van der Waals surface area contributed by atoms with Crippen molar-refractivity contribution in [2.75, 3.05) is 18.1 Å². The number of pyridine rings is 1. The van der Waals surface area contributed by atoms with E-state index in [-0.39, 0.29) is 0 Å². The van der Waals surface area contributed by atoms with E-state index in [1.807, 2.05) is 6.92 Å². The smallest absolute Gasteiger partial charge is 0.330 e. The highest BCUT2D eigenvalue weighted by Gasteiger charge is 2.04. The zero-order chi connectivity index (χ0) is 12.1. The number of aromatic nitrogens is 1. The molecule has 5 nitrogen and oxygen atoms in total. The Kier molecular flexibility index (Phi) is 3.88. The zero-order valence-corrected chi connectivity index (χ0v) is 9.36. The van der Waals surface area contributed by atoms with Gasteiger partial charge >= 0.3 is 5.97 Å². The second-order valence-electron chi connectivity index (χ2n) is 3.22. The topological polar surface area (TPSA) is 91.2 Å². The Balaban J connectivity index is 2.90. The highest BCUT2D eigenvalue weighted by molar-refractivity contribution is 5.87. The van der Waals surface area contributed by atoms with Gasteiger partial charge in [-0.1, -0.05) is 0 Å². The molecule has 0 atom stereocenters. The number of carbonyl (C=O) groups excluding carboxylic acids is 1. The van der Waals surface area contributed by atoms with Crippen molar-refractivity contribution in [1.82, 2.24) is 4.98 Å². The number of anilines is 2. The highest BCUT2D eigenvalue weighted by atomic mass is 16.5. The maximum absolute atomic E-state index is 11.1. The number of nitrogens with zero attached hydrogens (tertiary/aromatic N) is 1. The quantitative estimate of drug-likeness (QED) is 0.589. The maximum Gasteiger partial charge on any atom is 0.330 e. The van der Waals surface area contributed by atoms with Gasteiger partial charge in [-0.25, -0.2) is 9.78 Å². The van der Waals surface area contributed by atoms with E-state index in [9.17, 15) is 4.79 Å². The van der Waals surface area contributed by atoms with E-state index >= 15 is 0 Å². The standard InChI is InChI=1S/C11H15N3O2/c1-3-16-9(15)5-4-8-6-14-11(13)10(12)7(8)2/h4-6H,3,12H2,1-2H3,(H2,13,14). The average molecular weight is 221 g/mol. The number of esters is 1. The van der Waals surface area contributed by atoms with Crippen LogP contribution in [0.4, 0.5) is 11.5 Å². The molecule has 0 bridgehead atoms. The van der Waals surface area contributed by atoms with Crippen molar-refractivity contribution in [3.8, 4) is 0 Å². The van der Waals surface area contributed by atoms with Crippen LogP contribution in [0.3, 0.4) is 0 Å². The monoisotopic (exact) mass is 221 g/mol. The van der Waals surface area contributed by atoms with Gasteiger partial charge in [0.25, 0.3) is 0 Å². The Morgan fingerprint density at radius 3 is 2.88 bits per heavy atom. The lowest BCUT2D eigenvalue weighted by molar-refractivity contribution is -0.137. The van der Waals surface area contributed by atoms with Gasteiger partial charge in [0.05, 0.1) is 12.3 Å². The summed E-state index contributed by atoms with van der Waals surface area (Å²) >= 11 is 0. The van der Waals surface area contributed by atoms with E-state index in [0.717, 1.165) is 11.1 Å². The molecule has 0 fully saturated rings. The third kappa shape index (κ3) is 2.73. The van der Waals surface area contributed by atoms with Crippen molar-refractivity contribution in [3.05, 3.63) is 23.4 Å². The van der Waals surface area contributed by atoms with Gasteiger partial charge in [0, 0.05) is 12.3 Å². The number of hydrogen-bond acceptors (Lipinski definition) is 5. The van der Waals surface area contributed by atoms with Crippen LogP contribution in [0.2, 0.25) is 0 Å². The molecule has 16 heavy (non-hydrogen) atoms. The van der Waals surface area contributed by atoms with Crippen LogP contribution in [0.25, 0.3) is 6.08 Å². The van der Waals surface area contributed by atoms with Crippen LogP contribution in [0, 0.1) is 6.92 Å². The zero-order valence-electron chi connectivity index (χ0n) is 9.36. The molecule has 0 aliphatic rings. The fourth-order valence-corrected chi connectivity index (χ4v) is 1.17. The lowest BCUT2D eigenvalue weighted by atomic mass is 10.1. The van der Waals surface area contributed by atoms with Crippen LogP contribution in [-0.4, -0.2) is 17.6 Å². The van der Waals surface area contributed by atoms with E-state index in [1.54, 1.807) is 19.2 Å². The first kappa shape index (κ1) is 12.0. The molecular weight excluding hydrogens is 206 g/mol. The molecule has 0 aliphatic carbocycles.